The zero-order valence-corrected chi connectivity index (χ0v) is 15.9. The van der Waals surface area contributed by atoms with E-state index in [1.807, 2.05) is 31.2 Å². The lowest BCUT2D eigenvalue weighted by molar-refractivity contribution is -0.116. The lowest BCUT2D eigenvalue weighted by Crippen LogP contribution is -2.24. The molecule has 0 saturated heterocycles. The van der Waals surface area contributed by atoms with E-state index in [4.69, 9.17) is 0 Å². The van der Waals surface area contributed by atoms with Crippen molar-refractivity contribution in [3.63, 3.8) is 0 Å². The van der Waals surface area contributed by atoms with Crippen LogP contribution in [0.4, 0.5) is 5.82 Å². The van der Waals surface area contributed by atoms with E-state index in [9.17, 15) is 9.59 Å². The first-order chi connectivity index (χ1) is 14.1. The highest BCUT2D eigenvalue weighted by atomic mass is 16.2. The van der Waals surface area contributed by atoms with Crippen LogP contribution in [0.25, 0.3) is 10.9 Å². The predicted octanol–water partition coefficient (Wildman–Crippen LogP) is 2.37. The summed E-state index contributed by atoms with van der Waals surface area (Å²) in [6.45, 7) is 2.76. The fourth-order valence-corrected chi connectivity index (χ4v) is 3.12. The van der Waals surface area contributed by atoms with Crippen LogP contribution in [0.1, 0.15) is 17.5 Å². The first-order valence-electron chi connectivity index (χ1n) is 9.27. The van der Waals surface area contributed by atoms with Gasteiger partial charge in [0.25, 0.3) is 5.56 Å². The van der Waals surface area contributed by atoms with Gasteiger partial charge in [0, 0.05) is 37.6 Å². The van der Waals surface area contributed by atoms with E-state index in [-0.39, 0.29) is 24.4 Å². The molecule has 0 unspecified atom stereocenters. The van der Waals surface area contributed by atoms with Crippen molar-refractivity contribution in [2.24, 2.45) is 0 Å². The second-order valence-electron chi connectivity index (χ2n) is 6.77. The molecule has 8 heteroatoms. The largest absolute Gasteiger partial charge is 0.309 e. The number of hydrogen-bond acceptors (Lipinski definition) is 5. The van der Waals surface area contributed by atoms with Gasteiger partial charge in [-0.2, -0.15) is 5.10 Å². The Balaban J connectivity index is 1.38. The molecule has 3 aromatic heterocycles. The summed E-state index contributed by atoms with van der Waals surface area (Å²) in [5.41, 5.74) is 2.57. The zero-order chi connectivity index (χ0) is 20.2. The number of aryl methyl sites for hydroxylation is 2. The van der Waals surface area contributed by atoms with Crippen LogP contribution in [-0.4, -0.2) is 30.2 Å². The van der Waals surface area contributed by atoms with Gasteiger partial charge in [0.2, 0.25) is 5.91 Å². The number of aromatic nitrogens is 5. The summed E-state index contributed by atoms with van der Waals surface area (Å²) in [4.78, 5) is 33.2. The number of nitrogens with one attached hydrogen (secondary N) is 1. The highest BCUT2D eigenvalue weighted by Gasteiger charge is 2.09. The number of hydrogen-bond donors (Lipinski definition) is 1. The molecule has 146 valence electrons. The van der Waals surface area contributed by atoms with Crippen molar-refractivity contribution in [3.05, 3.63) is 82.8 Å². The highest BCUT2D eigenvalue weighted by molar-refractivity contribution is 5.89. The summed E-state index contributed by atoms with van der Waals surface area (Å²) in [6.07, 6.45) is 6.90. The van der Waals surface area contributed by atoms with Gasteiger partial charge in [-0.1, -0.05) is 12.1 Å². The molecule has 0 aliphatic rings. The Kier molecular flexibility index (Phi) is 5.15. The molecule has 0 aliphatic carbocycles. The third-order valence-electron chi connectivity index (χ3n) is 4.64. The second-order valence-corrected chi connectivity index (χ2v) is 6.77. The van der Waals surface area contributed by atoms with Crippen molar-refractivity contribution in [3.8, 4) is 0 Å². The van der Waals surface area contributed by atoms with Gasteiger partial charge in [0.1, 0.15) is 0 Å². The average Bonchev–Trinajstić information content (AvgIpc) is 3.15. The SMILES string of the molecule is Cc1cccc2c(=O)n(CCC(=O)Nc3ccn(Cc4ccncc4)n3)cnc12. The van der Waals surface area contributed by atoms with Crippen molar-refractivity contribution in [1.82, 2.24) is 24.3 Å². The summed E-state index contributed by atoms with van der Waals surface area (Å²) in [5.74, 6) is 0.263. The van der Waals surface area contributed by atoms with Crippen molar-refractivity contribution in [1.29, 1.82) is 0 Å². The van der Waals surface area contributed by atoms with E-state index in [1.165, 1.54) is 10.9 Å². The van der Waals surface area contributed by atoms with Crippen LogP contribution in [0.3, 0.4) is 0 Å². The summed E-state index contributed by atoms with van der Waals surface area (Å²) < 4.78 is 3.20. The lowest BCUT2D eigenvalue weighted by Gasteiger charge is -2.07. The third-order valence-corrected chi connectivity index (χ3v) is 4.64. The first-order valence-corrected chi connectivity index (χ1v) is 9.27. The molecule has 4 rings (SSSR count). The quantitative estimate of drug-likeness (QED) is 0.547. The van der Waals surface area contributed by atoms with Gasteiger partial charge in [0.05, 0.1) is 23.8 Å². The number of carbonyl (C=O) groups excluding carboxylic acids is 1. The molecule has 0 aliphatic heterocycles. The smallest absolute Gasteiger partial charge is 0.261 e. The molecule has 1 aromatic carbocycles. The second kappa shape index (κ2) is 8.05. The number of rotatable bonds is 6. The third kappa shape index (κ3) is 4.21. The van der Waals surface area contributed by atoms with E-state index >= 15 is 0 Å². The van der Waals surface area contributed by atoms with Gasteiger partial charge in [-0.25, -0.2) is 4.98 Å². The molecule has 0 bridgehead atoms. The molecule has 8 nitrogen and oxygen atoms in total. The normalized spacial score (nSPS) is 10.9. The Morgan fingerprint density at radius 1 is 1.14 bits per heavy atom. The van der Waals surface area contributed by atoms with Gasteiger partial charge in [-0.3, -0.25) is 23.8 Å². The zero-order valence-electron chi connectivity index (χ0n) is 15.9. The van der Waals surface area contributed by atoms with Crippen molar-refractivity contribution in [2.45, 2.75) is 26.4 Å². The monoisotopic (exact) mass is 388 g/mol. The van der Waals surface area contributed by atoms with Crippen LogP contribution in [0.5, 0.6) is 0 Å². The maximum Gasteiger partial charge on any atom is 0.261 e. The highest BCUT2D eigenvalue weighted by Crippen LogP contribution is 2.11. The predicted molar refractivity (Wildman–Crippen MR) is 110 cm³/mol. The van der Waals surface area contributed by atoms with Crippen LogP contribution < -0.4 is 10.9 Å². The van der Waals surface area contributed by atoms with Gasteiger partial charge in [0.15, 0.2) is 5.82 Å². The number of fused-ring (bicyclic) bond motifs is 1. The van der Waals surface area contributed by atoms with E-state index in [2.05, 4.69) is 20.4 Å². The van der Waals surface area contributed by atoms with Crippen LogP contribution in [0.2, 0.25) is 0 Å². The number of anilines is 1. The number of amides is 1. The molecule has 0 spiro atoms. The number of benzene rings is 1. The van der Waals surface area contributed by atoms with Crippen molar-refractivity contribution >= 4 is 22.6 Å². The van der Waals surface area contributed by atoms with Gasteiger partial charge in [-0.15, -0.1) is 0 Å². The fourth-order valence-electron chi connectivity index (χ4n) is 3.12. The van der Waals surface area contributed by atoms with E-state index in [0.29, 0.717) is 23.3 Å². The van der Waals surface area contributed by atoms with Crippen LogP contribution >= 0.6 is 0 Å². The molecule has 1 amide bonds. The molecular weight excluding hydrogens is 368 g/mol. The van der Waals surface area contributed by atoms with Crippen LogP contribution in [0.15, 0.2) is 66.1 Å². The summed E-state index contributed by atoms with van der Waals surface area (Å²) in [7, 11) is 0. The Morgan fingerprint density at radius 2 is 1.97 bits per heavy atom. The van der Waals surface area contributed by atoms with Gasteiger partial charge in [-0.05, 0) is 36.2 Å². The molecule has 4 aromatic rings. The molecule has 0 radical (unpaired) electrons. The Hall–Kier alpha value is -3.81. The standard InChI is InChI=1S/C21H20N6O2/c1-15-3-2-4-17-20(15)23-14-26(21(17)29)11-8-19(28)24-18-7-12-27(25-18)13-16-5-9-22-10-6-16/h2-7,9-10,12,14H,8,11,13H2,1H3,(H,24,25,28). The van der Waals surface area contributed by atoms with Crippen LogP contribution in [0, 0.1) is 6.92 Å². The molecule has 0 saturated carbocycles. The number of para-hydroxylation sites is 1. The first kappa shape index (κ1) is 18.5. The van der Waals surface area contributed by atoms with Crippen molar-refractivity contribution < 1.29 is 4.79 Å². The summed E-state index contributed by atoms with van der Waals surface area (Å²) >= 11 is 0. The summed E-state index contributed by atoms with van der Waals surface area (Å²) in [5, 5.41) is 7.68. The topological polar surface area (TPSA) is 94.7 Å². The van der Waals surface area contributed by atoms with Crippen LogP contribution in [-0.2, 0) is 17.9 Å². The number of carbonyl (C=O) groups is 1. The molecule has 29 heavy (non-hydrogen) atoms. The maximum absolute atomic E-state index is 12.6. The molecule has 1 N–H and O–H groups in total. The molecule has 0 fully saturated rings. The van der Waals surface area contributed by atoms with Gasteiger partial charge >= 0.3 is 0 Å². The minimum atomic E-state index is -0.213. The fraction of sp³-hybridized carbons (Fsp3) is 0.190. The lowest BCUT2D eigenvalue weighted by atomic mass is 10.1. The Morgan fingerprint density at radius 3 is 2.79 bits per heavy atom. The Bertz CT molecular complexity index is 1210. The molecule has 0 atom stereocenters. The summed E-state index contributed by atoms with van der Waals surface area (Å²) in [6, 6.07) is 11.1. The van der Waals surface area contributed by atoms with E-state index < -0.39 is 0 Å². The molecular formula is C21H20N6O2. The Labute approximate surface area is 166 Å². The van der Waals surface area contributed by atoms with E-state index in [0.717, 1.165) is 11.1 Å². The minimum Gasteiger partial charge on any atom is -0.309 e. The average molecular weight is 388 g/mol. The van der Waals surface area contributed by atoms with Crippen molar-refractivity contribution in [2.75, 3.05) is 5.32 Å². The number of pyridine rings is 1. The minimum absolute atomic E-state index is 0.145. The number of nitrogens with zero attached hydrogens (tertiary/aromatic N) is 5. The van der Waals surface area contributed by atoms with Gasteiger partial charge < -0.3 is 5.32 Å². The molecule has 3 heterocycles. The van der Waals surface area contributed by atoms with E-state index in [1.54, 1.807) is 35.4 Å². The maximum atomic E-state index is 12.6.